The van der Waals surface area contributed by atoms with E-state index in [1.165, 1.54) is 12.8 Å². The van der Waals surface area contributed by atoms with Gasteiger partial charge < -0.3 is 4.90 Å². The van der Waals surface area contributed by atoms with Crippen LogP contribution in [0.25, 0.3) is 5.69 Å². The molecule has 1 aliphatic heterocycles. The smallest absolute Gasteiger partial charge is 0.227 e. The van der Waals surface area contributed by atoms with Crippen molar-refractivity contribution in [1.82, 2.24) is 30.0 Å². The van der Waals surface area contributed by atoms with Crippen LogP contribution in [0.1, 0.15) is 18.4 Å². The first-order valence-corrected chi connectivity index (χ1v) is 8.14. The summed E-state index contributed by atoms with van der Waals surface area (Å²) in [6.45, 7) is 3.76. The highest BCUT2D eigenvalue weighted by Crippen LogP contribution is 2.27. The molecule has 7 heteroatoms. The van der Waals surface area contributed by atoms with Gasteiger partial charge in [0.1, 0.15) is 6.33 Å². The van der Waals surface area contributed by atoms with E-state index >= 15 is 0 Å². The lowest BCUT2D eigenvalue weighted by molar-refractivity contribution is -0.132. The van der Waals surface area contributed by atoms with Crippen LogP contribution >= 0.6 is 0 Å². The summed E-state index contributed by atoms with van der Waals surface area (Å²) in [7, 11) is 0. The molecule has 23 heavy (non-hydrogen) atoms. The predicted octanol–water partition coefficient (Wildman–Crippen LogP) is 0.511. The Morgan fingerprint density at radius 1 is 1.09 bits per heavy atom. The fraction of sp³-hybridized carbons (Fsp3) is 0.500. The largest absolute Gasteiger partial charge is 0.340 e. The Hall–Kier alpha value is -2.28. The average molecular weight is 312 g/mol. The van der Waals surface area contributed by atoms with Crippen LogP contribution in [-0.4, -0.2) is 68.1 Å². The molecule has 1 saturated carbocycles. The summed E-state index contributed by atoms with van der Waals surface area (Å²) >= 11 is 0. The fourth-order valence-electron chi connectivity index (χ4n) is 3.11. The Morgan fingerprint density at radius 3 is 2.43 bits per heavy atom. The Labute approximate surface area is 134 Å². The number of rotatable bonds is 4. The molecule has 1 aromatic heterocycles. The Morgan fingerprint density at radius 2 is 1.83 bits per heavy atom. The van der Waals surface area contributed by atoms with Crippen LogP contribution in [0.4, 0.5) is 0 Å². The lowest BCUT2D eigenvalue weighted by atomic mass is 10.1. The van der Waals surface area contributed by atoms with Gasteiger partial charge in [-0.15, -0.1) is 5.10 Å². The second-order valence-corrected chi connectivity index (χ2v) is 6.25. The summed E-state index contributed by atoms with van der Waals surface area (Å²) in [6.07, 6.45) is 4.68. The monoisotopic (exact) mass is 312 g/mol. The van der Waals surface area contributed by atoms with Gasteiger partial charge in [0.15, 0.2) is 0 Å². The van der Waals surface area contributed by atoms with E-state index in [9.17, 15) is 4.79 Å². The highest BCUT2D eigenvalue weighted by atomic mass is 16.2. The first kappa shape index (κ1) is 14.3. The van der Waals surface area contributed by atoms with E-state index in [-0.39, 0.29) is 5.91 Å². The van der Waals surface area contributed by atoms with Crippen LogP contribution in [0.15, 0.2) is 30.6 Å². The molecule has 1 amide bonds. The fourth-order valence-corrected chi connectivity index (χ4v) is 3.11. The Balaban J connectivity index is 1.33. The number of benzene rings is 1. The number of carbonyl (C=O) groups is 1. The van der Waals surface area contributed by atoms with Crippen molar-refractivity contribution in [2.45, 2.75) is 25.3 Å². The van der Waals surface area contributed by atoms with E-state index in [0.717, 1.165) is 43.5 Å². The van der Waals surface area contributed by atoms with E-state index in [4.69, 9.17) is 0 Å². The Bertz CT molecular complexity index is 656. The van der Waals surface area contributed by atoms with Gasteiger partial charge in [-0.05, 0) is 41.0 Å². The third-order valence-corrected chi connectivity index (χ3v) is 4.64. The topological polar surface area (TPSA) is 67.2 Å². The molecule has 2 heterocycles. The second-order valence-electron chi connectivity index (χ2n) is 6.25. The molecule has 0 radical (unpaired) electrons. The molecule has 1 aromatic carbocycles. The number of aromatic nitrogens is 4. The number of amides is 1. The van der Waals surface area contributed by atoms with Crippen molar-refractivity contribution in [1.29, 1.82) is 0 Å². The third-order valence-electron chi connectivity index (χ3n) is 4.64. The van der Waals surface area contributed by atoms with E-state index in [1.807, 2.05) is 29.2 Å². The van der Waals surface area contributed by atoms with Gasteiger partial charge in [0.25, 0.3) is 0 Å². The van der Waals surface area contributed by atoms with Crippen LogP contribution in [-0.2, 0) is 11.2 Å². The summed E-state index contributed by atoms with van der Waals surface area (Å²) < 4.78 is 1.60. The molecule has 1 aliphatic carbocycles. The SMILES string of the molecule is O=C(Cc1ccc(-n2cnnn2)cc1)N1CCN(C2CC2)CC1. The summed E-state index contributed by atoms with van der Waals surface area (Å²) in [6, 6.07) is 8.60. The van der Waals surface area contributed by atoms with Crippen molar-refractivity contribution in [3.05, 3.63) is 36.2 Å². The minimum atomic E-state index is 0.218. The molecule has 7 nitrogen and oxygen atoms in total. The third kappa shape index (κ3) is 3.24. The molecule has 120 valence electrons. The number of nitrogens with zero attached hydrogens (tertiary/aromatic N) is 6. The highest BCUT2D eigenvalue weighted by Gasteiger charge is 2.32. The van der Waals surface area contributed by atoms with Gasteiger partial charge in [0.05, 0.1) is 12.1 Å². The van der Waals surface area contributed by atoms with E-state index in [1.54, 1.807) is 11.0 Å². The zero-order valence-electron chi connectivity index (χ0n) is 13.0. The summed E-state index contributed by atoms with van der Waals surface area (Å²) in [4.78, 5) is 17.0. The van der Waals surface area contributed by atoms with Crippen LogP contribution in [0, 0.1) is 0 Å². The number of carbonyl (C=O) groups excluding carboxylic acids is 1. The second kappa shape index (κ2) is 6.08. The summed E-state index contributed by atoms with van der Waals surface area (Å²) in [5.41, 5.74) is 1.92. The minimum absolute atomic E-state index is 0.218. The molecular formula is C16H20N6O. The number of hydrogen-bond donors (Lipinski definition) is 0. The van der Waals surface area contributed by atoms with Crippen molar-refractivity contribution in [3.8, 4) is 5.69 Å². The van der Waals surface area contributed by atoms with Crippen molar-refractivity contribution in [2.75, 3.05) is 26.2 Å². The van der Waals surface area contributed by atoms with Crippen molar-refractivity contribution >= 4 is 5.91 Å². The first-order chi connectivity index (χ1) is 11.3. The predicted molar refractivity (Wildman–Crippen MR) is 84.0 cm³/mol. The maximum atomic E-state index is 12.4. The maximum Gasteiger partial charge on any atom is 0.227 e. The average Bonchev–Trinajstić information content (AvgIpc) is 3.30. The maximum absolute atomic E-state index is 12.4. The zero-order valence-corrected chi connectivity index (χ0v) is 13.0. The molecule has 0 spiro atoms. The molecule has 1 saturated heterocycles. The van der Waals surface area contributed by atoms with Gasteiger partial charge in [-0.3, -0.25) is 9.69 Å². The highest BCUT2D eigenvalue weighted by molar-refractivity contribution is 5.79. The van der Waals surface area contributed by atoms with Crippen molar-refractivity contribution in [3.63, 3.8) is 0 Å². The number of tetrazole rings is 1. The molecule has 4 rings (SSSR count). The van der Waals surface area contributed by atoms with Crippen LogP contribution in [0.3, 0.4) is 0 Å². The number of hydrogen-bond acceptors (Lipinski definition) is 5. The lowest BCUT2D eigenvalue weighted by Gasteiger charge is -2.34. The number of piperazine rings is 1. The van der Waals surface area contributed by atoms with Gasteiger partial charge in [-0.25, -0.2) is 4.68 Å². The van der Waals surface area contributed by atoms with Crippen molar-refractivity contribution in [2.24, 2.45) is 0 Å². The molecule has 2 aliphatic rings. The summed E-state index contributed by atoms with van der Waals surface area (Å²) in [5, 5.41) is 11.1. The van der Waals surface area contributed by atoms with E-state index in [2.05, 4.69) is 20.4 Å². The lowest BCUT2D eigenvalue weighted by Crippen LogP contribution is -2.49. The van der Waals surface area contributed by atoms with E-state index < -0.39 is 0 Å². The normalized spacial score (nSPS) is 19.0. The van der Waals surface area contributed by atoms with Gasteiger partial charge in [0, 0.05) is 32.2 Å². The van der Waals surface area contributed by atoms with Gasteiger partial charge in [0.2, 0.25) is 5.91 Å². The quantitative estimate of drug-likeness (QED) is 0.823. The Kier molecular flexibility index (Phi) is 3.78. The standard InChI is InChI=1S/C16H20N6O/c23-16(21-9-7-20(8-10-21)14-5-6-14)11-13-1-3-15(4-2-13)22-12-17-18-19-22/h1-4,12,14H,5-11H2. The minimum Gasteiger partial charge on any atom is -0.340 e. The molecule has 2 fully saturated rings. The van der Waals surface area contributed by atoms with Gasteiger partial charge >= 0.3 is 0 Å². The van der Waals surface area contributed by atoms with Gasteiger partial charge in [-0.2, -0.15) is 0 Å². The van der Waals surface area contributed by atoms with Gasteiger partial charge in [-0.1, -0.05) is 12.1 Å². The van der Waals surface area contributed by atoms with Crippen LogP contribution < -0.4 is 0 Å². The van der Waals surface area contributed by atoms with E-state index in [0.29, 0.717) is 6.42 Å². The van der Waals surface area contributed by atoms with Crippen molar-refractivity contribution < 1.29 is 4.79 Å². The molecular weight excluding hydrogens is 292 g/mol. The molecule has 0 atom stereocenters. The zero-order chi connectivity index (χ0) is 15.6. The molecule has 0 unspecified atom stereocenters. The van der Waals surface area contributed by atoms with Crippen LogP contribution in [0.5, 0.6) is 0 Å². The molecule has 0 bridgehead atoms. The molecule has 0 N–H and O–H groups in total. The molecule has 2 aromatic rings. The first-order valence-electron chi connectivity index (χ1n) is 8.14. The summed E-state index contributed by atoms with van der Waals surface area (Å²) in [5.74, 6) is 0.218. The van der Waals surface area contributed by atoms with Crippen LogP contribution in [0.2, 0.25) is 0 Å².